The number of rotatable bonds is 67. The number of unbranched alkanes of at least 4 members (excludes halogenated alkanes) is 12. The van der Waals surface area contributed by atoms with Crippen molar-refractivity contribution in [1.29, 1.82) is 0 Å². The van der Waals surface area contributed by atoms with Crippen molar-refractivity contribution in [1.82, 2.24) is 0 Å². The Morgan fingerprint density at radius 3 is 0.920 bits per heavy atom. The van der Waals surface area contributed by atoms with Gasteiger partial charge in [0.25, 0.3) is 0 Å². The monoisotopic (exact) mass is 1430 g/mol. The molecule has 0 aromatic heterocycles. The molecule has 19 heteroatoms. The highest BCUT2D eigenvalue weighted by atomic mass is 31.2. The van der Waals surface area contributed by atoms with Crippen molar-refractivity contribution >= 4 is 39.5 Å². The first-order valence-corrected chi connectivity index (χ1v) is 40.0. The molecule has 0 bridgehead atoms. The standard InChI is InChI=1S/C81H128O17P2/c1-5-9-13-17-21-25-29-33-36-37-40-43-46-50-54-58-62-66-79(84)92-72-77(98-81(86)68-64-60-56-52-48-44-39-35-31-27-23-19-15-11-7-3)74-96-100(89,90)94-70-75(82)69-93-99(87,88)95-73-76(97-80(85)67-63-59-55-51-47-41-32-28-24-20-16-12-8-4)71-91-78(83)65-61-57-53-49-45-42-38-34-30-26-22-18-14-10-6-2/h9-11,13-16,20-23,25-28,32-36,38-40,43,45,49-50,54,57,61,75-77,82H,5-8,12,17-19,24,29-31,37,41-42,44,46-48,51-53,55-56,58-60,62-74H2,1-4H3,(H,87,88)(H,89,90)/b13-9-,14-10-,15-11-,20-16-,25-21-,26-22-,27-23-,32-28-,36-33-,38-34-,39-35-,43-40-,49-45-,54-50-,61-57-. The summed E-state index contributed by atoms with van der Waals surface area (Å²) in [6, 6.07) is 0. The van der Waals surface area contributed by atoms with Gasteiger partial charge in [-0.2, -0.15) is 0 Å². The van der Waals surface area contributed by atoms with Gasteiger partial charge in [0.2, 0.25) is 0 Å². The minimum atomic E-state index is -5.01. The summed E-state index contributed by atoms with van der Waals surface area (Å²) >= 11 is 0. The molecular weight excluding hydrogens is 1310 g/mol. The van der Waals surface area contributed by atoms with Gasteiger partial charge in [-0.1, -0.05) is 255 Å². The molecule has 0 saturated heterocycles. The molecule has 0 aliphatic carbocycles. The number of carbonyl (C=O) groups excluding carboxylic acids is 4. The van der Waals surface area contributed by atoms with Crippen molar-refractivity contribution in [3.63, 3.8) is 0 Å². The quantitative estimate of drug-likeness (QED) is 0.0169. The number of aliphatic hydroxyl groups excluding tert-OH is 1. The molecule has 17 nitrogen and oxygen atoms in total. The normalized spacial score (nSPS) is 15.0. The van der Waals surface area contributed by atoms with E-state index in [-0.39, 0.29) is 25.7 Å². The average Bonchev–Trinajstić information content (AvgIpc) is 1.06. The van der Waals surface area contributed by atoms with Gasteiger partial charge in [0.05, 0.1) is 32.8 Å². The van der Waals surface area contributed by atoms with Crippen LogP contribution in [0.2, 0.25) is 0 Å². The van der Waals surface area contributed by atoms with E-state index in [2.05, 4.69) is 174 Å². The minimum absolute atomic E-state index is 0.0507. The maximum absolute atomic E-state index is 13.1. The van der Waals surface area contributed by atoms with Gasteiger partial charge in [-0.05, 0) is 148 Å². The van der Waals surface area contributed by atoms with Crippen LogP contribution < -0.4 is 0 Å². The van der Waals surface area contributed by atoms with Crippen LogP contribution in [0.15, 0.2) is 182 Å². The molecule has 0 aromatic rings. The third-order valence-electron chi connectivity index (χ3n) is 14.4. The Morgan fingerprint density at radius 2 is 0.570 bits per heavy atom. The Morgan fingerprint density at radius 1 is 0.300 bits per heavy atom. The first kappa shape index (κ1) is 94.2. The molecule has 0 radical (unpaired) electrons. The second kappa shape index (κ2) is 71.6. The number of phosphoric ester groups is 2. The molecule has 100 heavy (non-hydrogen) atoms. The Bertz CT molecular complexity index is 2620. The van der Waals surface area contributed by atoms with Crippen LogP contribution >= 0.6 is 15.6 Å². The molecule has 0 rings (SSSR count). The number of allylic oxidation sites excluding steroid dienone is 29. The van der Waals surface area contributed by atoms with E-state index in [1.54, 1.807) is 6.08 Å². The molecule has 564 valence electrons. The topological polar surface area (TPSA) is 237 Å². The number of carbonyl (C=O) groups is 4. The summed E-state index contributed by atoms with van der Waals surface area (Å²) in [5.74, 6) is -2.45. The number of hydrogen-bond donors (Lipinski definition) is 3. The van der Waals surface area contributed by atoms with Crippen molar-refractivity contribution in [2.24, 2.45) is 0 Å². The van der Waals surface area contributed by atoms with E-state index in [9.17, 15) is 43.2 Å². The second-order valence-corrected chi connectivity index (χ2v) is 26.7. The molecule has 0 aliphatic rings. The highest BCUT2D eigenvalue weighted by Crippen LogP contribution is 2.45. The molecule has 0 fully saturated rings. The number of aliphatic hydroxyl groups is 1. The van der Waals surface area contributed by atoms with Crippen molar-refractivity contribution in [2.75, 3.05) is 39.6 Å². The molecule has 3 N–H and O–H groups in total. The van der Waals surface area contributed by atoms with Gasteiger partial charge in [0.15, 0.2) is 12.2 Å². The fraction of sp³-hybridized carbons (Fsp3) is 0.580. The Labute approximate surface area is 603 Å². The lowest BCUT2D eigenvalue weighted by molar-refractivity contribution is -0.161. The lowest BCUT2D eigenvalue weighted by Gasteiger charge is -2.21. The summed E-state index contributed by atoms with van der Waals surface area (Å²) < 4.78 is 68.2. The Balaban J connectivity index is 5.51. The molecule has 0 aliphatic heterocycles. The highest BCUT2D eigenvalue weighted by Gasteiger charge is 2.30. The lowest BCUT2D eigenvalue weighted by Crippen LogP contribution is -2.30. The van der Waals surface area contributed by atoms with Gasteiger partial charge < -0.3 is 33.8 Å². The van der Waals surface area contributed by atoms with Gasteiger partial charge in [-0.15, -0.1) is 0 Å². The van der Waals surface area contributed by atoms with Crippen LogP contribution in [0.4, 0.5) is 0 Å². The molecular formula is C81H128O17P2. The van der Waals surface area contributed by atoms with Gasteiger partial charge >= 0.3 is 39.5 Å². The number of hydrogen-bond acceptors (Lipinski definition) is 15. The maximum atomic E-state index is 13.1. The van der Waals surface area contributed by atoms with E-state index in [0.29, 0.717) is 32.1 Å². The van der Waals surface area contributed by atoms with Gasteiger partial charge in [-0.3, -0.25) is 37.3 Å². The minimum Gasteiger partial charge on any atom is -0.462 e. The van der Waals surface area contributed by atoms with Gasteiger partial charge in [0.1, 0.15) is 19.3 Å². The van der Waals surface area contributed by atoms with Crippen molar-refractivity contribution in [3.05, 3.63) is 182 Å². The predicted octanol–water partition coefficient (Wildman–Crippen LogP) is 21.2. The molecule has 0 aromatic carbocycles. The molecule has 0 amide bonds. The summed E-state index contributed by atoms with van der Waals surface area (Å²) in [7, 11) is -10.0. The van der Waals surface area contributed by atoms with Crippen LogP contribution in [0, 0.1) is 0 Å². The third-order valence-corrected chi connectivity index (χ3v) is 16.3. The zero-order valence-corrected chi connectivity index (χ0v) is 63.1. The molecule has 5 unspecified atom stereocenters. The summed E-state index contributed by atoms with van der Waals surface area (Å²) in [6.45, 7) is 4.20. The summed E-state index contributed by atoms with van der Waals surface area (Å²) in [6.07, 6.45) is 85.0. The Kier molecular flexibility index (Phi) is 67.4. The highest BCUT2D eigenvalue weighted by molar-refractivity contribution is 7.47. The smallest absolute Gasteiger partial charge is 0.462 e. The second-order valence-electron chi connectivity index (χ2n) is 23.8. The van der Waals surface area contributed by atoms with E-state index < -0.39 is 97.5 Å². The summed E-state index contributed by atoms with van der Waals surface area (Å²) in [5.41, 5.74) is 0. The summed E-state index contributed by atoms with van der Waals surface area (Å²) in [5, 5.41) is 10.6. The van der Waals surface area contributed by atoms with E-state index >= 15 is 0 Å². The van der Waals surface area contributed by atoms with Crippen LogP contribution in [0.25, 0.3) is 0 Å². The summed E-state index contributed by atoms with van der Waals surface area (Å²) in [4.78, 5) is 72.7. The number of esters is 4. The molecule has 0 heterocycles. The largest absolute Gasteiger partial charge is 0.472 e. The van der Waals surface area contributed by atoms with E-state index in [1.165, 1.54) is 0 Å². The first-order valence-electron chi connectivity index (χ1n) is 37.0. The molecule has 0 saturated carbocycles. The fourth-order valence-corrected chi connectivity index (χ4v) is 10.4. The number of phosphoric acid groups is 2. The van der Waals surface area contributed by atoms with Crippen LogP contribution in [0.5, 0.6) is 0 Å². The van der Waals surface area contributed by atoms with E-state index in [0.717, 1.165) is 161 Å². The van der Waals surface area contributed by atoms with E-state index in [4.69, 9.17) is 37.0 Å². The average molecular weight is 1440 g/mol. The van der Waals surface area contributed by atoms with Gasteiger partial charge in [0, 0.05) is 19.3 Å². The maximum Gasteiger partial charge on any atom is 0.472 e. The number of ether oxygens (including phenoxy) is 4. The fourth-order valence-electron chi connectivity index (χ4n) is 8.85. The zero-order valence-electron chi connectivity index (χ0n) is 61.3. The Hall–Kier alpha value is -5.84. The lowest BCUT2D eigenvalue weighted by atomic mass is 10.1. The van der Waals surface area contributed by atoms with Crippen molar-refractivity contribution in [3.8, 4) is 0 Å². The van der Waals surface area contributed by atoms with E-state index in [1.807, 2.05) is 30.4 Å². The SMILES string of the molecule is CC/C=C\C/C=C\C/C=C\C/C=C\C/C=C\CCCC(=O)OCC(COP(=O)(O)OCC(O)COP(=O)(O)OCC(COC(=O)C/C=C\C/C=C\C/C=C\C/C=C\C/C=C\CC)OC(=O)CCCCCCC/C=C\C/C=C\CCC)OC(=O)CCCCCCC/C=C\C/C=C\C/C=C\CC. The van der Waals surface area contributed by atoms with Gasteiger partial charge in [-0.25, -0.2) is 9.13 Å². The first-order chi connectivity index (χ1) is 48.7. The van der Waals surface area contributed by atoms with Crippen molar-refractivity contribution in [2.45, 2.75) is 264 Å². The third kappa shape index (κ3) is 70.6. The van der Waals surface area contributed by atoms with Crippen LogP contribution in [-0.2, 0) is 65.4 Å². The molecule has 0 spiro atoms. The van der Waals surface area contributed by atoms with Crippen molar-refractivity contribution < 1.29 is 80.2 Å². The predicted molar refractivity (Wildman–Crippen MR) is 408 cm³/mol. The van der Waals surface area contributed by atoms with Crippen LogP contribution in [0.1, 0.15) is 246 Å². The van der Waals surface area contributed by atoms with Crippen LogP contribution in [-0.4, -0.2) is 96.7 Å². The zero-order chi connectivity index (χ0) is 73.2. The van der Waals surface area contributed by atoms with Crippen LogP contribution in [0.3, 0.4) is 0 Å². The molecule has 5 atom stereocenters.